The summed E-state index contributed by atoms with van der Waals surface area (Å²) in [6.07, 6.45) is 5.92. The van der Waals surface area contributed by atoms with E-state index in [-0.39, 0.29) is 12.1 Å². The molecule has 6 heteroatoms. The van der Waals surface area contributed by atoms with Crippen LogP contribution in [0.5, 0.6) is 0 Å². The van der Waals surface area contributed by atoms with Crippen LogP contribution in [0.2, 0.25) is 5.02 Å². The second-order valence-electron chi connectivity index (χ2n) is 8.73. The standard InChI is InChI=1S/C27H28ClN3O2/c1-17(2)26(30(3)4)31-16-23(25-22(27(32)33-5)7-6-8-24(25)31)20-13-19(14-29-15-20)18-9-11-21(28)12-10-18/h6-17,26H,1-5H3. The second-order valence-corrected chi connectivity index (χ2v) is 9.17. The van der Waals surface area contributed by atoms with Crippen molar-refractivity contribution in [3.63, 3.8) is 0 Å². The van der Waals surface area contributed by atoms with Gasteiger partial charge in [0.05, 0.1) is 24.4 Å². The molecule has 0 saturated carbocycles. The van der Waals surface area contributed by atoms with Crippen molar-refractivity contribution in [1.29, 1.82) is 0 Å². The highest BCUT2D eigenvalue weighted by Crippen LogP contribution is 2.38. The zero-order valence-electron chi connectivity index (χ0n) is 19.5. The fourth-order valence-corrected chi connectivity index (χ4v) is 4.71. The Morgan fingerprint density at radius 1 is 1.03 bits per heavy atom. The minimum Gasteiger partial charge on any atom is -0.465 e. The van der Waals surface area contributed by atoms with Crippen molar-refractivity contribution in [3.8, 4) is 22.3 Å². The molecule has 2 heterocycles. The van der Waals surface area contributed by atoms with Gasteiger partial charge in [-0.1, -0.05) is 43.6 Å². The fraction of sp³-hybridized carbons (Fsp3) is 0.259. The predicted molar refractivity (Wildman–Crippen MR) is 135 cm³/mol. The third-order valence-corrected chi connectivity index (χ3v) is 6.15. The van der Waals surface area contributed by atoms with Gasteiger partial charge in [0.2, 0.25) is 0 Å². The quantitative estimate of drug-likeness (QED) is 0.306. The molecule has 5 nitrogen and oxygen atoms in total. The van der Waals surface area contributed by atoms with Gasteiger partial charge in [0.1, 0.15) is 0 Å². The number of benzene rings is 2. The maximum absolute atomic E-state index is 12.7. The van der Waals surface area contributed by atoms with Gasteiger partial charge in [-0.05, 0) is 55.9 Å². The fourth-order valence-electron chi connectivity index (χ4n) is 4.58. The van der Waals surface area contributed by atoms with Crippen molar-refractivity contribution in [2.24, 2.45) is 5.92 Å². The number of carbonyl (C=O) groups excluding carboxylic acids is 1. The molecule has 1 unspecified atom stereocenters. The van der Waals surface area contributed by atoms with Gasteiger partial charge in [-0.15, -0.1) is 0 Å². The summed E-state index contributed by atoms with van der Waals surface area (Å²) in [5.41, 5.74) is 5.41. The number of fused-ring (bicyclic) bond motifs is 1. The van der Waals surface area contributed by atoms with Gasteiger partial charge in [0.15, 0.2) is 0 Å². The van der Waals surface area contributed by atoms with E-state index in [0.717, 1.165) is 33.2 Å². The molecule has 2 aromatic carbocycles. The van der Waals surface area contributed by atoms with Crippen LogP contribution in [0.1, 0.15) is 30.4 Å². The van der Waals surface area contributed by atoms with Gasteiger partial charge in [-0.25, -0.2) is 4.79 Å². The summed E-state index contributed by atoms with van der Waals surface area (Å²) >= 11 is 6.07. The summed E-state index contributed by atoms with van der Waals surface area (Å²) in [6, 6.07) is 15.6. The number of halogens is 1. The molecule has 4 aromatic rings. The van der Waals surface area contributed by atoms with Crippen LogP contribution < -0.4 is 0 Å². The van der Waals surface area contributed by atoms with E-state index in [2.05, 4.69) is 60.7 Å². The number of hydrogen-bond acceptors (Lipinski definition) is 4. The van der Waals surface area contributed by atoms with E-state index in [0.29, 0.717) is 16.5 Å². The van der Waals surface area contributed by atoms with Crippen molar-refractivity contribution >= 4 is 28.5 Å². The zero-order valence-corrected chi connectivity index (χ0v) is 20.3. The topological polar surface area (TPSA) is 47.4 Å². The number of aromatic nitrogens is 2. The number of nitrogens with zero attached hydrogens (tertiary/aromatic N) is 3. The Kier molecular flexibility index (Phi) is 6.54. The van der Waals surface area contributed by atoms with Gasteiger partial charge < -0.3 is 9.30 Å². The smallest absolute Gasteiger partial charge is 0.338 e. The molecule has 0 aliphatic heterocycles. The third-order valence-electron chi connectivity index (χ3n) is 5.90. The highest BCUT2D eigenvalue weighted by atomic mass is 35.5. The molecule has 0 amide bonds. The van der Waals surface area contributed by atoms with Gasteiger partial charge in [-0.3, -0.25) is 9.88 Å². The normalized spacial score (nSPS) is 12.5. The lowest BCUT2D eigenvalue weighted by atomic mass is 9.99. The molecule has 33 heavy (non-hydrogen) atoms. The summed E-state index contributed by atoms with van der Waals surface area (Å²) in [4.78, 5) is 19.4. The van der Waals surface area contributed by atoms with Crippen LogP contribution >= 0.6 is 11.6 Å². The third kappa shape index (κ3) is 4.39. The lowest BCUT2D eigenvalue weighted by molar-refractivity contribution is 0.0603. The van der Waals surface area contributed by atoms with Crippen LogP contribution in [0.15, 0.2) is 67.1 Å². The van der Waals surface area contributed by atoms with E-state index in [1.54, 1.807) is 0 Å². The molecule has 4 rings (SSSR count). The molecule has 2 aromatic heterocycles. The molecular weight excluding hydrogens is 434 g/mol. The first kappa shape index (κ1) is 23.0. The highest BCUT2D eigenvalue weighted by molar-refractivity contribution is 6.30. The predicted octanol–water partition coefficient (Wildman–Crippen LogP) is 6.53. The first-order valence-corrected chi connectivity index (χ1v) is 11.3. The van der Waals surface area contributed by atoms with E-state index >= 15 is 0 Å². The summed E-state index contributed by atoms with van der Waals surface area (Å²) in [5, 5.41) is 1.56. The molecule has 0 N–H and O–H groups in total. The molecule has 0 radical (unpaired) electrons. The van der Waals surface area contributed by atoms with E-state index in [4.69, 9.17) is 16.3 Å². The zero-order chi connectivity index (χ0) is 23.7. The molecule has 0 aliphatic carbocycles. The highest BCUT2D eigenvalue weighted by Gasteiger charge is 2.25. The maximum Gasteiger partial charge on any atom is 0.338 e. The average Bonchev–Trinajstić information content (AvgIpc) is 3.18. The van der Waals surface area contributed by atoms with Crippen molar-refractivity contribution in [2.75, 3.05) is 21.2 Å². The summed E-state index contributed by atoms with van der Waals surface area (Å²) in [5.74, 6) is -0.00359. The monoisotopic (exact) mass is 461 g/mol. The molecule has 0 bridgehead atoms. The number of ether oxygens (including phenoxy) is 1. The number of pyridine rings is 1. The molecule has 1 atom stereocenters. The minimum atomic E-state index is -0.354. The molecule has 0 fully saturated rings. The number of rotatable bonds is 6. The number of hydrogen-bond donors (Lipinski definition) is 0. The molecular formula is C27H28ClN3O2. The SMILES string of the molecule is COC(=O)c1cccc2c1c(-c1cncc(-c3ccc(Cl)cc3)c1)cn2C(C(C)C)N(C)C. The number of esters is 1. The average molecular weight is 462 g/mol. The minimum absolute atomic E-state index is 0.113. The first-order chi connectivity index (χ1) is 15.8. The molecule has 0 spiro atoms. The Morgan fingerprint density at radius 3 is 2.36 bits per heavy atom. The molecule has 0 saturated heterocycles. The Hall–Kier alpha value is -3.15. The van der Waals surface area contributed by atoms with E-state index in [1.165, 1.54) is 7.11 Å². The Balaban J connectivity index is 1.98. The molecule has 170 valence electrons. The van der Waals surface area contributed by atoms with E-state index in [9.17, 15) is 4.79 Å². The first-order valence-electron chi connectivity index (χ1n) is 10.9. The van der Waals surface area contributed by atoms with Gasteiger partial charge in [0, 0.05) is 45.7 Å². The Bertz CT molecular complexity index is 1280. The van der Waals surface area contributed by atoms with Crippen LogP contribution in [-0.4, -0.2) is 41.6 Å². The van der Waals surface area contributed by atoms with Crippen LogP contribution in [0.25, 0.3) is 33.2 Å². The van der Waals surface area contributed by atoms with Gasteiger partial charge in [0.25, 0.3) is 0 Å². The Labute approximate surface area is 199 Å². The largest absolute Gasteiger partial charge is 0.465 e. The lowest BCUT2D eigenvalue weighted by Crippen LogP contribution is -2.29. The van der Waals surface area contributed by atoms with Crippen LogP contribution in [0, 0.1) is 5.92 Å². The van der Waals surface area contributed by atoms with Gasteiger partial charge in [-0.2, -0.15) is 0 Å². The number of carbonyl (C=O) groups is 1. The van der Waals surface area contributed by atoms with Crippen molar-refractivity contribution < 1.29 is 9.53 Å². The van der Waals surface area contributed by atoms with Crippen LogP contribution in [0.4, 0.5) is 0 Å². The summed E-state index contributed by atoms with van der Waals surface area (Å²) in [6.45, 7) is 4.39. The van der Waals surface area contributed by atoms with E-state index < -0.39 is 0 Å². The lowest BCUT2D eigenvalue weighted by Gasteiger charge is -2.30. The Morgan fingerprint density at radius 2 is 1.73 bits per heavy atom. The second kappa shape index (κ2) is 9.38. The van der Waals surface area contributed by atoms with Crippen molar-refractivity contribution in [2.45, 2.75) is 20.0 Å². The van der Waals surface area contributed by atoms with E-state index in [1.807, 2.05) is 48.8 Å². The van der Waals surface area contributed by atoms with Crippen molar-refractivity contribution in [3.05, 3.63) is 77.7 Å². The summed E-state index contributed by atoms with van der Waals surface area (Å²) in [7, 11) is 5.56. The van der Waals surface area contributed by atoms with Gasteiger partial charge >= 0.3 is 5.97 Å². The maximum atomic E-state index is 12.7. The number of methoxy groups -OCH3 is 1. The molecule has 0 aliphatic rings. The van der Waals surface area contributed by atoms with Crippen LogP contribution in [-0.2, 0) is 4.74 Å². The van der Waals surface area contributed by atoms with Crippen LogP contribution in [0.3, 0.4) is 0 Å². The summed E-state index contributed by atoms with van der Waals surface area (Å²) < 4.78 is 7.36. The van der Waals surface area contributed by atoms with Crippen molar-refractivity contribution in [1.82, 2.24) is 14.5 Å².